The van der Waals surface area contributed by atoms with Gasteiger partial charge in [-0.2, -0.15) is 0 Å². The highest BCUT2D eigenvalue weighted by Gasteiger charge is 2.23. The third kappa shape index (κ3) is 3.35. The Balaban J connectivity index is 2.15. The molecule has 2 aromatic rings. The highest BCUT2D eigenvalue weighted by molar-refractivity contribution is 6.29. The van der Waals surface area contributed by atoms with Crippen LogP contribution in [0.4, 0.5) is 5.69 Å². The van der Waals surface area contributed by atoms with Gasteiger partial charge in [0, 0.05) is 12.4 Å². The number of amides is 1. The van der Waals surface area contributed by atoms with Crippen molar-refractivity contribution >= 4 is 23.2 Å². The summed E-state index contributed by atoms with van der Waals surface area (Å²) in [5, 5.41) is 3.26. The summed E-state index contributed by atoms with van der Waals surface area (Å²) < 4.78 is 1.91. The number of nitrogens with zero attached hydrogens (tertiary/aromatic N) is 2. The standard InChI is InChI=1S/C14H16ClN3O/c1-10(2)13(18-7-3-4-8-18)14(19)17-11-5-6-12(15)16-9-11/h3-10,13H,1-2H3,(H,17,19). The van der Waals surface area contributed by atoms with E-state index in [1.54, 1.807) is 18.3 Å². The molecule has 0 aliphatic heterocycles. The van der Waals surface area contributed by atoms with Crippen molar-refractivity contribution in [1.82, 2.24) is 9.55 Å². The molecule has 5 heteroatoms. The van der Waals surface area contributed by atoms with Crippen molar-refractivity contribution in [2.45, 2.75) is 19.9 Å². The van der Waals surface area contributed by atoms with Crippen molar-refractivity contribution < 1.29 is 4.79 Å². The van der Waals surface area contributed by atoms with Crippen molar-refractivity contribution in [2.75, 3.05) is 5.32 Å². The van der Waals surface area contributed by atoms with Gasteiger partial charge < -0.3 is 9.88 Å². The zero-order chi connectivity index (χ0) is 13.8. The lowest BCUT2D eigenvalue weighted by molar-refractivity contribution is -0.120. The summed E-state index contributed by atoms with van der Waals surface area (Å²) in [5.41, 5.74) is 0.646. The first-order chi connectivity index (χ1) is 9.08. The molecule has 0 saturated heterocycles. The molecule has 1 N–H and O–H groups in total. The van der Waals surface area contributed by atoms with Gasteiger partial charge in [-0.3, -0.25) is 4.79 Å². The molecule has 19 heavy (non-hydrogen) atoms. The molecule has 0 aliphatic rings. The van der Waals surface area contributed by atoms with Crippen LogP contribution in [0.25, 0.3) is 0 Å². The Bertz CT molecular complexity index is 534. The molecule has 0 bridgehead atoms. The maximum absolute atomic E-state index is 12.3. The largest absolute Gasteiger partial charge is 0.342 e. The highest BCUT2D eigenvalue weighted by Crippen LogP contribution is 2.20. The number of rotatable bonds is 4. The minimum Gasteiger partial charge on any atom is -0.342 e. The lowest BCUT2D eigenvalue weighted by atomic mass is 10.0. The molecule has 1 unspecified atom stereocenters. The van der Waals surface area contributed by atoms with Crippen LogP contribution < -0.4 is 5.32 Å². The van der Waals surface area contributed by atoms with Crippen LogP contribution in [-0.2, 0) is 4.79 Å². The van der Waals surface area contributed by atoms with Gasteiger partial charge in [0.2, 0.25) is 5.91 Å². The summed E-state index contributed by atoms with van der Waals surface area (Å²) >= 11 is 5.71. The molecule has 0 aliphatic carbocycles. The number of halogens is 1. The molecule has 0 aromatic carbocycles. The average Bonchev–Trinajstić information content (AvgIpc) is 2.85. The average molecular weight is 278 g/mol. The Morgan fingerprint density at radius 1 is 1.32 bits per heavy atom. The molecular formula is C14H16ClN3O. The van der Waals surface area contributed by atoms with Gasteiger partial charge in [0.15, 0.2) is 0 Å². The van der Waals surface area contributed by atoms with Gasteiger partial charge in [-0.15, -0.1) is 0 Å². The number of nitrogens with one attached hydrogen (secondary N) is 1. The van der Waals surface area contributed by atoms with Crippen molar-refractivity contribution in [3.05, 3.63) is 48.0 Å². The molecule has 4 nitrogen and oxygen atoms in total. The molecule has 0 fully saturated rings. The van der Waals surface area contributed by atoms with Crippen molar-refractivity contribution in [1.29, 1.82) is 0 Å². The first kappa shape index (κ1) is 13.6. The van der Waals surface area contributed by atoms with E-state index in [9.17, 15) is 4.79 Å². The maximum Gasteiger partial charge on any atom is 0.247 e. The second-order valence-electron chi connectivity index (χ2n) is 4.68. The van der Waals surface area contributed by atoms with Crippen LogP contribution in [0.3, 0.4) is 0 Å². The monoisotopic (exact) mass is 277 g/mol. The zero-order valence-corrected chi connectivity index (χ0v) is 11.6. The van der Waals surface area contributed by atoms with Crippen LogP contribution in [0.2, 0.25) is 5.15 Å². The Labute approximate surface area is 117 Å². The van der Waals surface area contributed by atoms with E-state index in [2.05, 4.69) is 10.3 Å². The van der Waals surface area contributed by atoms with Crippen LogP contribution in [0.5, 0.6) is 0 Å². The van der Waals surface area contributed by atoms with Crippen molar-refractivity contribution in [2.24, 2.45) is 5.92 Å². The molecular weight excluding hydrogens is 262 g/mol. The first-order valence-electron chi connectivity index (χ1n) is 6.13. The number of carbonyl (C=O) groups is 1. The van der Waals surface area contributed by atoms with Crippen LogP contribution in [0, 0.1) is 5.92 Å². The van der Waals surface area contributed by atoms with Crippen LogP contribution in [0.1, 0.15) is 19.9 Å². The lowest BCUT2D eigenvalue weighted by Crippen LogP contribution is -2.29. The Kier molecular flexibility index (Phi) is 4.22. The third-order valence-corrected chi connectivity index (χ3v) is 3.07. The van der Waals surface area contributed by atoms with E-state index >= 15 is 0 Å². The second-order valence-corrected chi connectivity index (χ2v) is 5.07. The van der Waals surface area contributed by atoms with E-state index in [0.29, 0.717) is 10.8 Å². The summed E-state index contributed by atoms with van der Waals surface area (Å²) in [6, 6.07) is 6.96. The fourth-order valence-corrected chi connectivity index (χ4v) is 2.09. The fourth-order valence-electron chi connectivity index (χ4n) is 1.98. The van der Waals surface area contributed by atoms with Gasteiger partial charge in [0.25, 0.3) is 0 Å². The summed E-state index contributed by atoms with van der Waals surface area (Å²) in [5.74, 6) is 0.128. The smallest absolute Gasteiger partial charge is 0.247 e. The van der Waals surface area contributed by atoms with Crippen LogP contribution in [-0.4, -0.2) is 15.5 Å². The molecule has 2 heterocycles. The minimum absolute atomic E-state index is 0.0599. The summed E-state index contributed by atoms with van der Waals surface area (Å²) in [4.78, 5) is 16.3. The van der Waals surface area contributed by atoms with Crippen LogP contribution in [0.15, 0.2) is 42.9 Å². The summed E-state index contributed by atoms with van der Waals surface area (Å²) in [6.07, 6.45) is 5.34. The van der Waals surface area contributed by atoms with E-state index in [0.717, 1.165) is 0 Å². The topological polar surface area (TPSA) is 46.9 Å². The van der Waals surface area contributed by atoms with E-state index in [1.807, 2.05) is 42.9 Å². The molecule has 1 amide bonds. The van der Waals surface area contributed by atoms with E-state index in [1.165, 1.54) is 0 Å². The molecule has 0 saturated carbocycles. The molecule has 2 rings (SSSR count). The fraction of sp³-hybridized carbons (Fsp3) is 0.286. The SMILES string of the molecule is CC(C)C(C(=O)Nc1ccc(Cl)nc1)n1cccc1. The number of pyridine rings is 1. The number of anilines is 1. The third-order valence-electron chi connectivity index (χ3n) is 2.84. The molecule has 100 valence electrons. The highest BCUT2D eigenvalue weighted by atomic mass is 35.5. The van der Waals surface area contributed by atoms with Gasteiger partial charge in [0.05, 0.1) is 11.9 Å². The van der Waals surface area contributed by atoms with Gasteiger partial charge in [-0.05, 0) is 30.2 Å². The number of carbonyl (C=O) groups excluding carboxylic acids is 1. The van der Waals surface area contributed by atoms with Crippen LogP contribution >= 0.6 is 11.6 Å². The van der Waals surface area contributed by atoms with Gasteiger partial charge in [-0.25, -0.2) is 4.98 Å². The van der Waals surface area contributed by atoms with E-state index in [4.69, 9.17) is 11.6 Å². The number of aromatic nitrogens is 2. The second kappa shape index (κ2) is 5.89. The Hall–Kier alpha value is -1.81. The normalized spacial score (nSPS) is 12.4. The first-order valence-corrected chi connectivity index (χ1v) is 6.50. The van der Waals surface area contributed by atoms with Gasteiger partial charge in [0.1, 0.15) is 11.2 Å². The number of hydrogen-bond donors (Lipinski definition) is 1. The molecule has 2 aromatic heterocycles. The summed E-state index contributed by atoms with van der Waals surface area (Å²) in [6.45, 7) is 4.04. The van der Waals surface area contributed by atoms with Gasteiger partial charge >= 0.3 is 0 Å². The summed E-state index contributed by atoms with van der Waals surface area (Å²) in [7, 11) is 0. The van der Waals surface area contributed by atoms with E-state index < -0.39 is 0 Å². The maximum atomic E-state index is 12.3. The Morgan fingerprint density at radius 3 is 2.53 bits per heavy atom. The Morgan fingerprint density at radius 2 is 2.00 bits per heavy atom. The lowest BCUT2D eigenvalue weighted by Gasteiger charge is -2.22. The van der Waals surface area contributed by atoms with E-state index in [-0.39, 0.29) is 17.9 Å². The minimum atomic E-state index is -0.245. The zero-order valence-electron chi connectivity index (χ0n) is 10.9. The predicted molar refractivity (Wildman–Crippen MR) is 76.2 cm³/mol. The van der Waals surface area contributed by atoms with Crippen molar-refractivity contribution in [3.8, 4) is 0 Å². The molecule has 0 spiro atoms. The predicted octanol–water partition coefficient (Wildman–Crippen LogP) is 3.37. The molecule has 0 radical (unpaired) electrons. The molecule has 1 atom stereocenters. The van der Waals surface area contributed by atoms with Gasteiger partial charge in [-0.1, -0.05) is 25.4 Å². The quantitative estimate of drug-likeness (QED) is 0.871. The number of hydrogen-bond acceptors (Lipinski definition) is 2. The van der Waals surface area contributed by atoms with Crippen molar-refractivity contribution in [3.63, 3.8) is 0 Å².